The summed E-state index contributed by atoms with van der Waals surface area (Å²) in [7, 11) is 4.17. The topological polar surface area (TPSA) is 36.7 Å². The first-order valence-electron chi connectivity index (χ1n) is 8.29. The van der Waals surface area contributed by atoms with Crippen LogP contribution in [0.4, 0.5) is 0 Å². The first-order valence-corrected chi connectivity index (χ1v) is 8.29. The monoisotopic (exact) mass is 302 g/mol. The van der Waals surface area contributed by atoms with Crippen LogP contribution < -0.4 is 0 Å². The first-order chi connectivity index (χ1) is 10.6. The largest absolute Gasteiger partial charge is 0.472 e. The Kier molecular flexibility index (Phi) is 4.67. The summed E-state index contributed by atoms with van der Waals surface area (Å²) >= 11 is 0. The van der Waals surface area contributed by atoms with Crippen LogP contribution in [-0.4, -0.2) is 48.9 Å². The van der Waals surface area contributed by atoms with E-state index >= 15 is 0 Å². The third-order valence-electron chi connectivity index (χ3n) is 5.40. The van der Waals surface area contributed by atoms with Gasteiger partial charge in [0, 0.05) is 31.3 Å². The first kappa shape index (κ1) is 15.3. The Labute approximate surface area is 132 Å². The lowest BCUT2D eigenvalue weighted by atomic mass is 9.73. The zero-order valence-electron chi connectivity index (χ0n) is 13.6. The lowest BCUT2D eigenvalue weighted by molar-refractivity contribution is -0.128. The van der Waals surface area contributed by atoms with Crippen LogP contribution >= 0.6 is 0 Å². The number of amides is 1. The van der Waals surface area contributed by atoms with Gasteiger partial charge in [0.2, 0.25) is 5.91 Å². The predicted molar refractivity (Wildman–Crippen MR) is 87.2 cm³/mol. The molecular weight excluding hydrogens is 276 g/mol. The van der Waals surface area contributed by atoms with Gasteiger partial charge in [0.05, 0.1) is 12.5 Å². The van der Waals surface area contributed by atoms with Gasteiger partial charge in [-0.2, -0.15) is 0 Å². The fraction of sp³-hybridized carbons (Fsp3) is 0.611. The number of likely N-dealkylation sites (tertiary alicyclic amines) is 1. The van der Waals surface area contributed by atoms with Crippen LogP contribution in [0.5, 0.6) is 0 Å². The summed E-state index contributed by atoms with van der Waals surface area (Å²) in [6, 6.07) is 2.25. The molecule has 3 atom stereocenters. The van der Waals surface area contributed by atoms with Crippen LogP contribution in [-0.2, 0) is 4.79 Å². The fourth-order valence-corrected chi connectivity index (χ4v) is 3.96. The van der Waals surface area contributed by atoms with Crippen LogP contribution in [0.15, 0.2) is 29.1 Å². The van der Waals surface area contributed by atoms with Crippen molar-refractivity contribution in [1.82, 2.24) is 9.80 Å². The van der Waals surface area contributed by atoms with E-state index in [2.05, 4.69) is 11.9 Å². The Morgan fingerprint density at radius 3 is 3.00 bits per heavy atom. The molecule has 1 aliphatic carbocycles. The number of nitrogens with zero attached hydrogens (tertiary/aromatic N) is 2. The Hall–Kier alpha value is -1.55. The summed E-state index contributed by atoms with van der Waals surface area (Å²) in [5.74, 6) is 1.72. The standard InChI is InChI=1S/C18H26N2O2/c1-19-9-7-15-11-17(5-4-16(15)12-19)20(2)18(21)6-3-14-8-10-22-13-14/h3,6,8,10,13,15-17H,4-5,7,9,11-12H2,1-2H3/b6-3+/t15-,16+,17+/m1/s1. The van der Waals surface area contributed by atoms with E-state index in [0.29, 0.717) is 6.04 Å². The summed E-state index contributed by atoms with van der Waals surface area (Å²) in [4.78, 5) is 16.7. The molecule has 22 heavy (non-hydrogen) atoms. The van der Waals surface area contributed by atoms with Crippen LogP contribution in [0.3, 0.4) is 0 Å². The van der Waals surface area contributed by atoms with E-state index in [9.17, 15) is 4.79 Å². The number of carbonyl (C=O) groups is 1. The highest BCUT2D eigenvalue weighted by Gasteiger charge is 2.35. The molecule has 1 saturated carbocycles. The minimum Gasteiger partial charge on any atom is -0.472 e. The number of hydrogen-bond donors (Lipinski definition) is 0. The predicted octanol–water partition coefficient (Wildman–Crippen LogP) is 2.87. The maximum absolute atomic E-state index is 12.3. The number of hydrogen-bond acceptors (Lipinski definition) is 3. The molecule has 0 radical (unpaired) electrons. The summed E-state index contributed by atoms with van der Waals surface area (Å²) in [6.45, 7) is 2.43. The van der Waals surface area contributed by atoms with Gasteiger partial charge in [-0.05, 0) is 63.3 Å². The number of fused-ring (bicyclic) bond motifs is 1. The third kappa shape index (κ3) is 3.43. The summed E-state index contributed by atoms with van der Waals surface area (Å²) < 4.78 is 5.01. The molecule has 2 heterocycles. The van der Waals surface area contributed by atoms with E-state index < -0.39 is 0 Å². The third-order valence-corrected chi connectivity index (χ3v) is 5.40. The molecule has 120 valence electrons. The van der Waals surface area contributed by atoms with Gasteiger partial charge in [-0.15, -0.1) is 0 Å². The van der Waals surface area contributed by atoms with Gasteiger partial charge < -0.3 is 14.2 Å². The van der Waals surface area contributed by atoms with E-state index in [1.165, 1.54) is 32.4 Å². The van der Waals surface area contributed by atoms with Crippen molar-refractivity contribution in [1.29, 1.82) is 0 Å². The summed E-state index contributed by atoms with van der Waals surface area (Å²) in [5, 5.41) is 0. The van der Waals surface area contributed by atoms with Gasteiger partial charge in [0.1, 0.15) is 0 Å². The average Bonchev–Trinajstić information content (AvgIpc) is 3.04. The molecule has 0 bridgehead atoms. The lowest BCUT2D eigenvalue weighted by Gasteiger charge is -2.44. The minimum absolute atomic E-state index is 0.0950. The van der Waals surface area contributed by atoms with Gasteiger partial charge >= 0.3 is 0 Å². The molecule has 0 N–H and O–H groups in total. The van der Waals surface area contributed by atoms with Gasteiger partial charge in [0.25, 0.3) is 0 Å². The van der Waals surface area contributed by atoms with E-state index in [1.807, 2.05) is 24.1 Å². The second-order valence-electron chi connectivity index (χ2n) is 6.88. The number of carbonyl (C=O) groups excluding carboxylic acids is 1. The van der Waals surface area contributed by atoms with Crippen molar-refractivity contribution in [2.75, 3.05) is 27.2 Å². The summed E-state index contributed by atoms with van der Waals surface area (Å²) in [5.41, 5.74) is 0.931. The van der Waals surface area contributed by atoms with E-state index in [0.717, 1.165) is 23.8 Å². The maximum atomic E-state index is 12.3. The zero-order valence-corrected chi connectivity index (χ0v) is 13.6. The average molecular weight is 302 g/mol. The van der Waals surface area contributed by atoms with E-state index in [1.54, 1.807) is 18.6 Å². The molecule has 0 unspecified atom stereocenters. The SMILES string of the molecule is CN1CC[C@@H]2C[C@@H](N(C)C(=O)/C=C/c3ccoc3)CC[C@H]2C1. The molecule has 1 aromatic rings. The van der Waals surface area contributed by atoms with Crippen molar-refractivity contribution in [2.24, 2.45) is 11.8 Å². The molecule has 1 aliphatic heterocycles. The molecule has 4 heteroatoms. The highest BCUT2D eigenvalue weighted by molar-refractivity contribution is 5.91. The Morgan fingerprint density at radius 1 is 1.36 bits per heavy atom. The lowest BCUT2D eigenvalue weighted by Crippen LogP contribution is -2.47. The van der Waals surface area contributed by atoms with Gasteiger partial charge in [-0.1, -0.05) is 0 Å². The van der Waals surface area contributed by atoms with Crippen LogP contribution in [0.1, 0.15) is 31.2 Å². The quantitative estimate of drug-likeness (QED) is 0.806. The zero-order chi connectivity index (χ0) is 15.5. The number of piperidine rings is 1. The molecule has 1 amide bonds. The van der Waals surface area contributed by atoms with Crippen molar-refractivity contribution in [3.8, 4) is 0 Å². The Balaban J connectivity index is 1.56. The molecule has 2 fully saturated rings. The normalized spacial score (nSPS) is 29.5. The number of rotatable bonds is 3. The van der Waals surface area contributed by atoms with Gasteiger partial charge in [-0.3, -0.25) is 4.79 Å². The van der Waals surface area contributed by atoms with Crippen molar-refractivity contribution >= 4 is 12.0 Å². The van der Waals surface area contributed by atoms with E-state index in [-0.39, 0.29) is 5.91 Å². The Morgan fingerprint density at radius 2 is 2.23 bits per heavy atom. The van der Waals surface area contributed by atoms with Crippen molar-refractivity contribution in [2.45, 2.75) is 31.7 Å². The molecule has 1 saturated heterocycles. The second-order valence-corrected chi connectivity index (χ2v) is 6.88. The molecule has 0 aromatic carbocycles. The highest BCUT2D eigenvalue weighted by atomic mass is 16.3. The second kappa shape index (κ2) is 6.69. The van der Waals surface area contributed by atoms with Gasteiger partial charge in [-0.25, -0.2) is 0 Å². The van der Waals surface area contributed by atoms with Crippen LogP contribution in [0, 0.1) is 11.8 Å². The molecule has 3 rings (SSSR count). The number of likely N-dealkylation sites (N-methyl/N-ethyl adjacent to an activating group) is 1. The highest BCUT2D eigenvalue weighted by Crippen LogP contribution is 2.37. The van der Waals surface area contributed by atoms with Crippen molar-refractivity contribution in [3.05, 3.63) is 30.2 Å². The fourth-order valence-electron chi connectivity index (χ4n) is 3.96. The molecule has 0 spiro atoms. The molecule has 4 nitrogen and oxygen atoms in total. The van der Waals surface area contributed by atoms with Crippen molar-refractivity contribution < 1.29 is 9.21 Å². The maximum Gasteiger partial charge on any atom is 0.246 e. The van der Waals surface area contributed by atoms with Crippen LogP contribution in [0.25, 0.3) is 6.08 Å². The molecule has 2 aliphatic rings. The molecular formula is C18H26N2O2. The summed E-state index contributed by atoms with van der Waals surface area (Å²) in [6.07, 6.45) is 11.6. The van der Waals surface area contributed by atoms with Crippen LogP contribution in [0.2, 0.25) is 0 Å². The minimum atomic E-state index is 0.0950. The van der Waals surface area contributed by atoms with Crippen molar-refractivity contribution in [3.63, 3.8) is 0 Å². The number of furan rings is 1. The van der Waals surface area contributed by atoms with Gasteiger partial charge in [0.15, 0.2) is 0 Å². The van der Waals surface area contributed by atoms with E-state index in [4.69, 9.17) is 4.42 Å². The smallest absolute Gasteiger partial charge is 0.246 e. The molecule has 1 aromatic heterocycles. The Bertz CT molecular complexity index is 523.